The highest BCUT2D eigenvalue weighted by molar-refractivity contribution is 5.10. The molecule has 1 aromatic rings. The number of hydrogen-bond donors (Lipinski definition) is 1. The van der Waals surface area contributed by atoms with E-state index >= 15 is 0 Å². The van der Waals surface area contributed by atoms with Crippen molar-refractivity contribution in [2.75, 3.05) is 0 Å². The SMILES string of the molecule is CC1CCC(N)c2nc(C3CC3)nn21. The van der Waals surface area contributed by atoms with E-state index in [1.54, 1.807) is 0 Å². The Labute approximate surface area is 83.5 Å². The molecule has 4 nitrogen and oxygen atoms in total. The van der Waals surface area contributed by atoms with E-state index in [1.165, 1.54) is 12.8 Å². The van der Waals surface area contributed by atoms with E-state index in [1.807, 2.05) is 4.68 Å². The van der Waals surface area contributed by atoms with Gasteiger partial charge in [0.15, 0.2) is 5.82 Å². The van der Waals surface area contributed by atoms with Crippen molar-refractivity contribution in [2.24, 2.45) is 5.73 Å². The second-order valence-corrected chi connectivity index (χ2v) is 4.58. The van der Waals surface area contributed by atoms with Gasteiger partial charge in [0, 0.05) is 5.92 Å². The molecule has 2 unspecified atom stereocenters. The first-order valence-corrected chi connectivity index (χ1v) is 5.47. The third kappa shape index (κ3) is 1.17. The molecule has 14 heavy (non-hydrogen) atoms. The number of aromatic nitrogens is 3. The first-order valence-electron chi connectivity index (χ1n) is 5.47. The summed E-state index contributed by atoms with van der Waals surface area (Å²) in [4.78, 5) is 4.57. The molecule has 2 heterocycles. The summed E-state index contributed by atoms with van der Waals surface area (Å²) in [5.74, 6) is 2.67. The Balaban J connectivity index is 2.02. The monoisotopic (exact) mass is 192 g/mol. The summed E-state index contributed by atoms with van der Waals surface area (Å²) in [6.45, 7) is 2.20. The van der Waals surface area contributed by atoms with E-state index < -0.39 is 0 Å². The quantitative estimate of drug-likeness (QED) is 0.733. The molecule has 3 rings (SSSR count). The fraction of sp³-hybridized carbons (Fsp3) is 0.800. The summed E-state index contributed by atoms with van der Waals surface area (Å²) in [6, 6.07) is 0.580. The summed E-state index contributed by atoms with van der Waals surface area (Å²) in [6.07, 6.45) is 4.69. The van der Waals surface area contributed by atoms with Crippen molar-refractivity contribution in [1.29, 1.82) is 0 Å². The standard InChI is InChI=1S/C10H16N4/c1-6-2-5-8(11)10-12-9(7-3-4-7)13-14(6)10/h6-8H,2-5,11H2,1H3. The smallest absolute Gasteiger partial charge is 0.154 e. The first-order chi connectivity index (χ1) is 6.75. The molecule has 76 valence electrons. The van der Waals surface area contributed by atoms with Crippen LogP contribution in [0.1, 0.15) is 62.3 Å². The van der Waals surface area contributed by atoms with Crippen LogP contribution in [0.15, 0.2) is 0 Å². The molecule has 1 aliphatic carbocycles. The van der Waals surface area contributed by atoms with Crippen LogP contribution >= 0.6 is 0 Å². The minimum absolute atomic E-state index is 0.103. The fourth-order valence-electron chi connectivity index (χ4n) is 2.12. The lowest BCUT2D eigenvalue weighted by Gasteiger charge is -2.23. The molecule has 1 aromatic heterocycles. The Morgan fingerprint density at radius 2 is 2.07 bits per heavy atom. The molecule has 1 fully saturated rings. The second-order valence-electron chi connectivity index (χ2n) is 4.58. The van der Waals surface area contributed by atoms with Crippen molar-refractivity contribution in [3.8, 4) is 0 Å². The third-order valence-electron chi connectivity index (χ3n) is 3.26. The van der Waals surface area contributed by atoms with Gasteiger partial charge in [-0.15, -0.1) is 0 Å². The zero-order valence-corrected chi connectivity index (χ0v) is 8.48. The van der Waals surface area contributed by atoms with Crippen LogP contribution < -0.4 is 5.73 Å². The summed E-state index contributed by atoms with van der Waals surface area (Å²) < 4.78 is 2.04. The average molecular weight is 192 g/mol. The normalized spacial score (nSPS) is 31.6. The van der Waals surface area contributed by atoms with Gasteiger partial charge in [0.25, 0.3) is 0 Å². The maximum absolute atomic E-state index is 6.02. The number of fused-ring (bicyclic) bond motifs is 1. The number of nitrogens with zero attached hydrogens (tertiary/aromatic N) is 3. The molecule has 1 saturated carbocycles. The summed E-state index contributed by atoms with van der Waals surface area (Å²) in [5, 5.41) is 4.57. The van der Waals surface area contributed by atoms with Crippen molar-refractivity contribution in [1.82, 2.24) is 14.8 Å². The average Bonchev–Trinajstić information content (AvgIpc) is 2.92. The van der Waals surface area contributed by atoms with Crippen LogP contribution in [-0.2, 0) is 0 Å². The third-order valence-corrected chi connectivity index (χ3v) is 3.26. The summed E-state index contributed by atoms with van der Waals surface area (Å²) in [7, 11) is 0. The van der Waals surface area contributed by atoms with Crippen LogP contribution in [0.3, 0.4) is 0 Å². The van der Waals surface area contributed by atoms with Crippen LogP contribution in [0.5, 0.6) is 0 Å². The number of nitrogens with two attached hydrogens (primary N) is 1. The van der Waals surface area contributed by atoms with Gasteiger partial charge < -0.3 is 5.73 Å². The molecule has 2 aliphatic rings. The molecule has 0 saturated heterocycles. The minimum atomic E-state index is 0.103. The largest absolute Gasteiger partial charge is 0.321 e. The first kappa shape index (κ1) is 8.41. The van der Waals surface area contributed by atoms with Gasteiger partial charge in [0.2, 0.25) is 0 Å². The maximum atomic E-state index is 6.02. The van der Waals surface area contributed by atoms with Gasteiger partial charge in [-0.05, 0) is 32.6 Å². The predicted octanol–water partition coefficient (Wildman–Crippen LogP) is 1.51. The molecule has 0 spiro atoms. The maximum Gasteiger partial charge on any atom is 0.154 e. The highest BCUT2D eigenvalue weighted by Crippen LogP contribution is 2.39. The second kappa shape index (κ2) is 2.79. The molecule has 0 radical (unpaired) electrons. The Bertz CT molecular complexity index is 326. The van der Waals surface area contributed by atoms with Crippen molar-refractivity contribution in [2.45, 2.75) is 50.6 Å². The predicted molar refractivity (Wildman–Crippen MR) is 52.9 cm³/mol. The van der Waals surface area contributed by atoms with Gasteiger partial charge in [0.05, 0.1) is 12.1 Å². The van der Waals surface area contributed by atoms with Gasteiger partial charge in [-0.3, -0.25) is 0 Å². The lowest BCUT2D eigenvalue weighted by Crippen LogP contribution is -2.25. The molecule has 0 amide bonds. The van der Waals surface area contributed by atoms with E-state index in [4.69, 9.17) is 5.73 Å². The molecule has 0 aromatic carbocycles. The minimum Gasteiger partial charge on any atom is -0.321 e. The van der Waals surface area contributed by atoms with Gasteiger partial charge in [-0.1, -0.05) is 0 Å². The van der Waals surface area contributed by atoms with Crippen molar-refractivity contribution in [3.05, 3.63) is 11.6 Å². The Morgan fingerprint density at radius 3 is 2.71 bits per heavy atom. The Hall–Kier alpha value is -0.900. The zero-order chi connectivity index (χ0) is 9.71. The summed E-state index contributed by atoms with van der Waals surface area (Å²) >= 11 is 0. The van der Waals surface area contributed by atoms with Gasteiger partial charge in [-0.25, -0.2) is 9.67 Å². The van der Waals surface area contributed by atoms with Crippen LogP contribution in [0, 0.1) is 0 Å². The van der Waals surface area contributed by atoms with Crippen molar-refractivity contribution in [3.63, 3.8) is 0 Å². The van der Waals surface area contributed by atoms with E-state index in [2.05, 4.69) is 17.0 Å². The molecule has 1 aliphatic heterocycles. The van der Waals surface area contributed by atoms with E-state index in [-0.39, 0.29) is 6.04 Å². The molecule has 2 atom stereocenters. The molecular formula is C10H16N4. The van der Waals surface area contributed by atoms with Crippen molar-refractivity contribution < 1.29 is 0 Å². The number of hydrogen-bond acceptors (Lipinski definition) is 3. The Kier molecular flexibility index (Phi) is 1.68. The lowest BCUT2D eigenvalue weighted by molar-refractivity contribution is 0.349. The van der Waals surface area contributed by atoms with Crippen molar-refractivity contribution >= 4 is 0 Å². The molecule has 4 heteroatoms. The van der Waals surface area contributed by atoms with Crippen LogP contribution in [0.25, 0.3) is 0 Å². The molecular weight excluding hydrogens is 176 g/mol. The van der Waals surface area contributed by atoms with Gasteiger partial charge >= 0.3 is 0 Å². The highest BCUT2D eigenvalue weighted by atomic mass is 15.4. The molecule has 0 bridgehead atoms. The highest BCUT2D eigenvalue weighted by Gasteiger charge is 2.32. The van der Waals surface area contributed by atoms with E-state index in [0.717, 1.165) is 24.5 Å². The van der Waals surface area contributed by atoms with Crippen LogP contribution in [-0.4, -0.2) is 14.8 Å². The van der Waals surface area contributed by atoms with Gasteiger partial charge in [0.1, 0.15) is 5.82 Å². The number of rotatable bonds is 1. The Morgan fingerprint density at radius 1 is 1.29 bits per heavy atom. The molecule has 2 N–H and O–H groups in total. The lowest BCUT2D eigenvalue weighted by atomic mass is 10.0. The fourth-order valence-corrected chi connectivity index (χ4v) is 2.12. The van der Waals surface area contributed by atoms with Crippen LogP contribution in [0.4, 0.5) is 0 Å². The van der Waals surface area contributed by atoms with Crippen LogP contribution in [0.2, 0.25) is 0 Å². The topological polar surface area (TPSA) is 56.7 Å². The van der Waals surface area contributed by atoms with E-state index in [9.17, 15) is 0 Å². The van der Waals surface area contributed by atoms with E-state index in [0.29, 0.717) is 12.0 Å². The van der Waals surface area contributed by atoms with Gasteiger partial charge in [-0.2, -0.15) is 5.10 Å². The summed E-state index contributed by atoms with van der Waals surface area (Å²) in [5.41, 5.74) is 6.02. The zero-order valence-electron chi connectivity index (χ0n) is 8.48.